The molecule has 2 rings (SSSR count). The molecule has 0 radical (unpaired) electrons. The minimum atomic E-state index is 0.0131. The molecule has 15 heavy (non-hydrogen) atoms. The van der Waals surface area contributed by atoms with E-state index in [1.165, 1.54) is 0 Å². The third-order valence-corrected chi connectivity index (χ3v) is 2.48. The number of amides is 1. The Kier molecular flexibility index (Phi) is 3.01. The third kappa shape index (κ3) is 2.36. The van der Waals surface area contributed by atoms with Gasteiger partial charge in [0.05, 0.1) is 13.2 Å². The normalized spacial score (nSPS) is 21.5. The molecule has 0 saturated carbocycles. The van der Waals surface area contributed by atoms with Crippen LogP contribution in [0.1, 0.15) is 6.92 Å². The molecule has 0 bridgehead atoms. The number of nitrogens with zero attached hydrogens (tertiary/aromatic N) is 2. The maximum Gasteiger partial charge on any atom is 0.272 e. The summed E-state index contributed by atoms with van der Waals surface area (Å²) in [6, 6.07) is 0. The maximum absolute atomic E-state index is 12.0. The molecule has 2 aliphatic rings. The van der Waals surface area contributed by atoms with Crippen LogP contribution in [0.15, 0.2) is 16.8 Å². The van der Waals surface area contributed by atoms with Gasteiger partial charge in [-0.2, -0.15) is 0 Å². The summed E-state index contributed by atoms with van der Waals surface area (Å²) in [5.74, 6) is 0.0131. The molecule has 1 fully saturated rings. The van der Waals surface area contributed by atoms with E-state index in [0.29, 0.717) is 38.7 Å². The van der Waals surface area contributed by atoms with E-state index in [1.54, 1.807) is 11.0 Å². The molecule has 0 aliphatic carbocycles. The van der Waals surface area contributed by atoms with Crippen molar-refractivity contribution in [1.29, 1.82) is 0 Å². The average molecular weight is 209 g/mol. The summed E-state index contributed by atoms with van der Waals surface area (Å²) in [4.78, 5) is 17.9. The molecule has 0 atom stereocenters. The van der Waals surface area contributed by atoms with Gasteiger partial charge in [-0.15, -0.1) is 0 Å². The zero-order valence-electron chi connectivity index (χ0n) is 8.82. The fraction of sp³-hybridized carbons (Fsp3) is 0.600. The van der Waals surface area contributed by atoms with Gasteiger partial charge >= 0.3 is 0 Å². The number of nitrogens with one attached hydrogen (secondary N) is 1. The van der Waals surface area contributed by atoms with E-state index >= 15 is 0 Å². The second kappa shape index (κ2) is 4.44. The maximum atomic E-state index is 12.0. The number of morpholine rings is 1. The van der Waals surface area contributed by atoms with Crippen LogP contribution in [-0.2, 0) is 9.53 Å². The Bertz CT molecular complexity index is 317. The lowest BCUT2D eigenvalue weighted by Crippen LogP contribution is -2.44. The second-order valence-corrected chi connectivity index (χ2v) is 3.61. The van der Waals surface area contributed by atoms with Crippen molar-refractivity contribution in [2.45, 2.75) is 6.92 Å². The fourth-order valence-electron chi connectivity index (χ4n) is 1.61. The van der Waals surface area contributed by atoms with Gasteiger partial charge in [0.1, 0.15) is 12.4 Å². The highest BCUT2D eigenvalue weighted by atomic mass is 16.5. The van der Waals surface area contributed by atoms with E-state index in [9.17, 15) is 4.79 Å². The zero-order chi connectivity index (χ0) is 10.7. The lowest BCUT2D eigenvalue weighted by atomic mass is 10.2. The Labute approximate surface area is 88.8 Å². The minimum absolute atomic E-state index is 0.0131. The van der Waals surface area contributed by atoms with Gasteiger partial charge in [0, 0.05) is 18.8 Å². The topological polar surface area (TPSA) is 53.9 Å². The molecule has 5 nitrogen and oxygen atoms in total. The molecule has 1 saturated heterocycles. The second-order valence-electron chi connectivity index (χ2n) is 3.61. The highest BCUT2D eigenvalue weighted by Crippen LogP contribution is 2.03. The van der Waals surface area contributed by atoms with Gasteiger partial charge < -0.3 is 15.0 Å². The molecular formula is C10H15N3O2. The van der Waals surface area contributed by atoms with Gasteiger partial charge in [-0.25, -0.2) is 0 Å². The standard InChI is InChI=1S/C10H15N3O2/c1-8-6-9(12-7-11-8)10(14)13-2-4-15-5-3-13/h6,11H,2-5,7H2,1H3. The van der Waals surface area contributed by atoms with E-state index in [0.717, 1.165) is 5.70 Å². The molecule has 1 amide bonds. The summed E-state index contributed by atoms with van der Waals surface area (Å²) in [6.07, 6.45) is 1.79. The quantitative estimate of drug-likeness (QED) is 0.648. The van der Waals surface area contributed by atoms with E-state index in [-0.39, 0.29) is 5.91 Å². The highest BCUT2D eigenvalue weighted by molar-refractivity contribution is 6.43. The van der Waals surface area contributed by atoms with Crippen LogP contribution in [0, 0.1) is 0 Å². The molecule has 0 unspecified atom stereocenters. The third-order valence-electron chi connectivity index (χ3n) is 2.48. The Morgan fingerprint density at radius 2 is 2.27 bits per heavy atom. The summed E-state index contributed by atoms with van der Waals surface area (Å²) < 4.78 is 5.20. The van der Waals surface area contributed by atoms with Gasteiger partial charge in [0.25, 0.3) is 5.91 Å². The Morgan fingerprint density at radius 1 is 1.53 bits per heavy atom. The van der Waals surface area contributed by atoms with Gasteiger partial charge in [-0.1, -0.05) is 0 Å². The number of hydrogen-bond donors (Lipinski definition) is 1. The molecule has 0 aromatic heterocycles. The predicted octanol–water partition coefficient (Wildman–Crippen LogP) is -0.249. The van der Waals surface area contributed by atoms with Crippen molar-refractivity contribution in [1.82, 2.24) is 10.2 Å². The van der Waals surface area contributed by atoms with E-state index in [2.05, 4.69) is 10.3 Å². The van der Waals surface area contributed by atoms with Crippen molar-refractivity contribution in [3.8, 4) is 0 Å². The molecule has 2 aliphatic heterocycles. The molecule has 82 valence electrons. The Hall–Kier alpha value is -1.36. The van der Waals surface area contributed by atoms with Gasteiger partial charge in [-0.05, 0) is 13.0 Å². The fourth-order valence-corrected chi connectivity index (χ4v) is 1.61. The SMILES string of the molecule is CC1=CC(C(=O)N2CCOCC2)=NCN1. The number of carbonyl (C=O) groups excluding carboxylic acids is 1. The van der Waals surface area contributed by atoms with Gasteiger partial charge in [-0.3, -0.25) is 9.79 Å². The first-order valence-corrected chi connectivity index (χ1v) is 5.11. The Morgan fingerprint density at radius 3 is 2.93 bits per heavy atom. The van der Waals surface area contributed by atoms with Crippen molar-refractivity contribution in [3.63, 3.8) is 0 Å². The van der Waals surface area contributed by atoms with Crippen LogP contribution >= 0.6 is 0 Å². The van der Waals surface area contributed by atoms with Crippen LogP contribution in [0.25, 0.3) is 0 Å². The lowest BCUT2D eigenvalue weighted by Gasteiger charge is -2.27. The molecule has 0 aromatic carbocycles. The van der Waals surface area contributed by atoms with Gasteiger partial charge in [0.2, 0.25) is 0 Å². The minimum Gasteiger partial charge on any atom is -0.378 e. The average Bonchev–Trinajstić information content (AvgIpc) is 2.29. The van der Waals surface area contributed by atoms with Crippen molar-refractivity contribution >= 4 is 11.6 Å². The number of carbonyl (C=O) groups is 1. The lowest BCUT2D eigenvalue weighted by molar-refractivity contribution is -0.127. The summed E-state index contributed by atoms with van der Waals surface area (Å²) in [5.41, 5.74) is 1.54. The summed E-state index contributed by atoms with van der Waals surface area (Å²) in [7, 11) is 0. The molecule has 5 heteroatoms. The number of aliphatic imine (C=N–C) groups is 1. The van der Waals surface area contributed by atoms with Crippen molar-refractivity contribution < 1.29 is 9.53 Å². The Balaban J connectivity index is 2.03. The van der Waals surface area contributed by atoms with Crippen molar-refractivity contribution in [2.75, 3.05) is 33.0 Å². The first-order valence-electron chi connectivity index (χ1n) is 5.11. The molecule has 2 heterocycles. The monoisotopic (exact) mass is 209 g/mol. The van der Waals surface area contributed by atoms with Gasteiger partial charge in [0.15, 0.2) is 0 Å². The number of ether oxygens (including phenoxy) is 1. The number of allylic oxidation sites excluding steroid dienone is 1. The molecular weight excluding hydrogens is 194 g/mol. The van der Waals surface area contributed by atoms with E-state index in [1.807, 2.05) is 6.92 Å². The van der Waals surface area contributed by atoms with Crippen LogP contribution < -0.4 is 5.32 Å². The van der Waals surface area contributed by atoms with Crippen LogP contribution in [0.2, 0.25) is 0 Å². The number of rotatable bonds is 1. The summed E-state index contributed by atoms with van der Waals surface area (Å²) in [6.45, 7) is 5.01. The van der Waals surface area contributed by atoms with Crippen LogP contribution in [-0.4, -0.2) is 49.5 Å². The van der Waals surface area contributed by atoms with E-state index < -0.39 is 0 Å². The number of hydrogen-bond acceptors (Lipinski definition) is 4. The van der Waals surface area contributed by atoms with Crippen LogP contribution in [0.4, 0.5) is 0 Å². The summed E-state index contributed by atoms with van der Waals surface area (Å²) in [5, 5.41) is 3.05. The highest BCUT2D eigenvalue weighted by Gasteiger charge is 2.21. The molecule has 1 N–H and O–H groups in total. The smallest absolute Gasteiger partial charge is 0.272 e. The van der Waals surface area contributed by atoms with E-state index in [4.69, 9.17) is 4.74 Å². The van der Waals surface area contributed by atoms with Crippen molar-refractivity contribution in [2.24, 2.45) is 4.99 Å². The summed E-state index contributed by atoms with van der Waals surface area (Å²) >= 11 is 0. The largest absolute Gasteiger partial charge is 0.378 e. The van der Waals surface area contributed by atoms with Crippen molar-refractivity contribution in [3.05, 3.63) is 11.8 Å². The predicted molar refractivity (Wildman–Crippen MR) is 56.6 cm³/mol. The van der Waals surface area contributed by atoms with Crippen LogP contribution in [0.5, 0.6) is 0 Å². The molecule has 0 aromatic rings. The van der Waals surface area contributed by atoms with Crippen LogP contribution in [0.3, 0.4) is 0 Å². The first kappa shape index (κ1) is 10.2. The zero-order valence-corrected chi connectivity index (χ0v) is 8.82. The first-order chi connectivity index (χ1) is 7.27. The molecule has 0 spiro atoms.